The van der Waals surface area contributed by atoms with Crippen LogP contribution in [0.1, 0.15) is 43.1 Å². The summed E-state index contributed by atoms with van der Waals surface area (Å²) < 4.78 is 6.03. The summed E-state index contributed by atoms with van der Waals surface area (Å²) in [6.07, 6.45) is 2.87. The topological polar surface area (TPSA) is 62.7 Å². The minimum atomic E-state index is -0.663. The second-order valence-electron chi connectivity index (χ2n) is 7.65. The average Bonchev–Trinajstić information content (AvgIpc) is 3.12. The number of nitrogens with zero attached hydrogens (tertiary/aromatic N) is 2. The van der Waals surface area contributed by atoms with Gasteiger partial charge in [0, 0.05) is 30.5 Å². The summed E-state index contributed by atoms with van der Waals surface area (Å²) in [5.41, 5.74) is 0.605. The third-order valence-electron chi connectivity index (χ3n) is 5.46. The molecule has 26 heavy (non-hydrogen) atoms. The van der Waals surface area contributed by atoms with Crippen LogP contribution in [-0.4, -0.2) is 51.8 Å². The molecule has 1 aromatic carbocycles. The normalized spacial score (nSPS) is 25.4. The second-order valence-corrected chi connectivity index (χ2v) is 8.51. The van der Waals surface area contributed by atoms with Gasteiger partial charge in [0.05, 0.1) is 17.8 Å². The molecule has 1 unspecified atom stereocenters. The molecule has 1 aromatic heterocycles. The van der Waals surface area contributed by atoms with Crippen molar-refractivity contribution < 1.29 is 14.6 Å². The maximum atomic E-state index is 12.8. The standard InChI is InChI=1S/C20H24N2O3S/c1-19(24)9-12-25-20(14-19)7-10-22(11-8-20)18(23)16-13-26-17(21-16)15-5-3-2-4-6-15/h2-6,13,24H,7-12,14H2,1H3. The molecule has 0 radical (unpaired) electrons. The molecule has 1 spiro atoms. The minimum Gasteiger partial charge on any atom is -0.390 e. The van der Waals surface area contributed by atoms with Crippen LogP contribution in [0.15, 0.2) is 35.7 Å². The van der Waals surface area contributed by atoms with E-state index >= 15 is 0 Å². The van der Waals surface area contributed by atoms with E-state index in [9.17, 15) is 9.90 Å². The van der Waals surface area contributed by atoms with Crippen molar-refractivity contribution in [3.63, 3.8) is 0 Å². The van der Waals surface area contributed by atoms with E-state index in [0.29, 0.717) is 38.2 Å². The van der Waals surface area contributed by atoms with Crippen LogP contribution in [0.4, 0.5) is 0 Å². The van der Waals surface area contributed by atoms with Gasteiger partial charge in [-0.3, -0.25) is 4.79 Å². The van der Waals surface area contributed by atoms with Gasteiger partial charge < -0.3 is 14.7 Å². The number of benzene rings is 1. The number of carbonyl (C=O) groups is 1. The van der Waals surface area contributed by atoms with Crippen LogP contribution in [0.3, 0.4) is 0 Å². The van der Waals surface area contributed by atoms with Gasteiger partial charge in [-0.05, 0) is 26.2 Å². The molecule has 2 aliphatic heterocycles. The number of thiazole rings is 1. The first kappa shape index (κ1) is 17.6. The van der Waals surface area contributed by atoms with Crippen LogP contribution in [0.25, 0.3) is 10.6 Å². The monoisotopic (exact) mass is 372 g/mol. The number of likely N-dealkylation sites (tertiary alicyclic amines) is 1. The number of ether oxygens (including phenoxy) is 1. The van der Waals surface area contributed by atoms with Crippen molar-refractivity contribution in [3.05, 3.63) is 41.4 Å². The van der Waals surface area contributed by atoms with Gasteiger partial charge in [0.25, 0.3) is 5.91 Å². The zero-order valence-electron chi connectivity index (χ0n) is 15.0. The van der Waals surface area contributed by atoms with Crippen LogP contribution < -0.4 is 0 Å². The van der Waals surface area contributed by atoms with Crippen LogP contribution >= 0.6 is 11.3 Å². The van der Waals surface area contributed by atoms with E-state index in [4.69, 9.17) is 4.74 Å². The Labute approximate surface area is 157 Å². The SMILES string of the molecule is CC1(O)CCOC2(CCN(C(=O)c3csc(-c4ccccc4)n3)CC2)C1. The van der Waals surface area contributed by atoms with E-state index < -0.39 is 5.60 Å². The van der Waals surface area contributed by atoms with Crippen LogP contribution in [0.5, 0.6) is 0 Å². The zero-order valence-corrected chi connectivity index (χ0v) is 15.8. The number of rotatable bonds is 2. The number of amides is 1. The van der Waals surface area contributed by atoms with Crippen LogP contribution in [-0.2, 0) is 4.74 Å². The first-order valence-corrected chi connectivity index (χ1v) is 10.0. The average molecular weight is 372 g/mol. The summed E-state index contributed by atoms with van der Waals surface area (Å²) in [5, 5.41) is 13.1. The maximum Gasteiger partial charge on any atom is 0.273 e. The molecular formula is C20H24N2O3S. The predicted molar refractivity (Wildman–Crippen MR) is 101 cm³/mol. The Hall–Kier alpha value is -1.76. The lowest BCUT2D eigenvalue weighted by Crippen LogP contribution is -2.54. The highest BCUT2D eigenvalue weighted by atomic mass is 32.1. The van der Waals surface area contributed by atoms with Gasteiger partial charge in [-0.2, -0.15) is 0 Å². The summed E-state index contributed by atoms with van der Waals surface area (Å²) in [7, 11) is 0. The minimum absolute atomic E-state index is 0.0131. The summed E-state index contributed by atoms with van der Waals surface area (Å²) in [5.74, 6) is -0.0131. The molecule has 2 aromatic rings. The highest BCUT2D eigenvalue weighted by Gasteiger charge is 2.45. The Balaban J connectivity index is 1.42. The fourth-order valence-corrected chi connectivity index (χ4v) is 4.81. The fourth-order valence-electron chi connectivity index (χ4n) is 4.01. The summed E-state index contributed by atoms with van der Waals surface area (Å²) in [4.78, 5) is 19.2. The van der Waals surface area contributed by atoms with E-state index in [2.05, 4.69) is 4.98 Å². The second kappa shape index (κ2) is 6.76. The molecule has 2 saturated heterocycles. The number of piperidine rings is 1. The first-order valence-electron chi connectivity index (χ1n) is 9.13. The molecular weight excluding hydrogens is 348 g/mol. The van der Waals surface area contributed by atoms with Gasteiger partial charge in [-0.15, -0.1) is 11.3 Å². The quantitative estimate of drug-likeness (QED) is 0.878. The molecule has 1 atom stereocenters. The van der Waals surface area contributed by atoms with Gasteiger partial charge in [0.1, 0.15) is 10.7 Å². The van der Waals surface area contributed by atoms with Crippen molar-refractivity contribution in [2.24, 2.45) is 0 Å². The third-order valence-corrected chi connectivity index (χ3v) is 6.35. The van der Waals surface area contributed by atoms with Crippen molar-refractivity contribution >= 4 is 17.2 Å². The zero-order chi connectivity index (χ0) is 18.2. The summed E-state index contributed by atoms with van der Waals surface area (Å²) in [6.45, 7) is 3.77. The lowest BCUT2D eigenvalue weighted by Gasteiger charge is -2.48. The Bertz CT molecular complexity index is 779. The van der Waals surface area contributed by atoms with Crippen molar-refractivity contribution in [3.8, 4) is 10.6 Å². The van der Waals surface area contributed by atoms with E-state index in [1.165, 1.54) is 11.3 Å². The number of aliphatic hydroxyl groups is 1. The Morgan fingerprint density at radius 2 is 1.96 bits per heavy atom. The van der Waals surface area contributed by atoms with Crippen molar-refractivity contribution in [2.75, 3.05) is 19.7 Å². The third kappa shape index (κ3) is 3.54. The summed E-state index contributed by atoms with van der Waals surface area (Å²) in [6, 6.07) is 9.92. The molecule has 138 valence electrons. The molecule has 5 nitrogen and oxygen atoms in total. The van der Waals surface area contributed by atoms with Crippen LogP contribution in [0.2, 0.25) is 0 Å². The molecule has 0 saturated carbocycles. The Morgan fingerprint density at radius 1 is 1.23 bits per heavy atom. The molecule has 1 amide bonds. The molecule has 4 rings (SSSR count). The van der Waals surface area contributed by atoms with Gasteiger partial charge in [-0.25, -0.2) is 4.98 Å². The van der Waals surface area contributed by atoms with Crippen LogP contribution in [0, 0.1) is 0 Å². The van der Waals surface area contributed by atoms with Gasteiger partial charge in [0.15, 0.2) is 0 Å². The molecule has 2 fully saturated rings. The first-order chi connectivity index (χ1) is 12.5. The largest absolute Gasteiger partial charge is 0.390 e. The molecule has 0 aliphatic carbocycles. The highest BCUT2D eigenvalue weighted by Crippen LogP contribution is 2.39. The number of hydrogen-bond donors (Lipinski definition) is 1. The Morgan fingerprint density at radius 3 is 2.65 bits per heavy atom. The lowest BCUT2D eigenvalue weighted by atomic mass is 9.78. The molecule has 0 bridgehead atoms. The number of aromatic nitrogens is 1. The Kier molecular flexibility index (Phi) is 4.59. The van der Waals surface area contributed by atoms with Crippen molar-refractivity contribution in [2.45, 2.75) is 43.8 Å². The summed E-state index contributed by atoms with van der Waals surface area (Å²) >= 11 is 1.50. The van der Waals surface area contributed by atoms with Gasteiger partial charge in [0.2, 0.25) is 0 Å². The van der Waals surface area contributed by atoms with Crippen molar-refractivity contribution in [1.29, 1.82) is 0 Å². The predicted octanol–water partition coefficient (Wildman–Crippen LogP) is 3.35. The number of hydrogen-bond acceptors (Lipinski definition) is 5. The van der Waals surface area contributed by atoms with Crippen molar-refractivity contribution in [1.82, 2.24) is 9.88 Å². The molecule has 1 N–H and O–H groups in total. The molecule has 3 heterocycles. The fraction of sp³-hybridized carbons (Fsp3) is 0.500. The van der Waals surface area contributed by atoms with E-state index in [-0.39, 0.29) is 11.5 Å². The smallest absolute Gasteiger partial charge is 0.273 e. The van der Waals surface area contributed by atoms with E-state index in [0.717, 1.165) is 23.4 Å². The molecule has 2 aliphatic rings. The maximum absolute atomic E-state index is 12.8. The van der Waals surface area contributed by atoms with E-state index in [1.807, 2.05) is 47.5 Å². The van der Waals surface area contributed by atoms with Gasteiger partial charge >= 0.3 is 0 Å². The lowest BCUT2D eigenvalue weighted by molar-refractivity contribution is -0.170. The van der Waals surface area contributed by atoms with Gasteiger partial charge in [-0.1, -0.05) is 30.3 Å². The number of carbonyl (C=O) groups excluding carboxylic acids is 1. The molecule has 6 heteroatoms. The highest BCUT2D eigenvalue weighted by molar-refractivity contribution is 7.13. The van der Waals surface area contributed by atoms with E-state index in [1.54, 1.807) is 0 Å².